The molecule has 128 valence electrons. The molecule has 3 nitrogen and oxygen atoms in total. The Kier molecular flexibility index (Phi) is 3.74. The van der Waals surface area contributed by atoms with Gasteiger partial charge in [-0.1, -0.05) is 24.6 Å². The molecule has 3 aromatic rings. The molecule has 0 spiro atoms. The Morgan fingerprint density at radius 2 is 2.00 bits per heavy atom. The minimum absolute atomic E-state index is 0.463. The minimum atomic E-state index is 0.463. The Hall–Kier alpha value is -1.94. The molecule has 0 saturated heterocycles. The van der Waals surface area contributed by atoms with Crippen molar-refractivity contribution >= 4 is 28.1 Å². The number of thiophene rings is 1. The average Bonchev–Trinajstić information content (AvgIpc) is 3.39. The van der Waals surface area contributed by atoms with Crippen molar-refractivity contribution in [3.8, 4) is 10.7 Å². The summed E-state index contributed by atoms with van der Waals surface area (Å²) in [6.07, 6.45) is 5.71. The number of hydrogen-bond donors (Lipinski definition) is 1. The summed E-state index contributed by atoms with van der Waals surface area (Å²) in [5, 5.41) is 6.97. The number of para-hydroxylation sites is 1. The quantitative estimate of drug-likeness (QED) is 0.667. The molecule has 4 heteroatoms. The van der Waals surface area contributed by atoms with Crippen molar-refractivity contribution in [3.63, 3.8) is 0 Å². The molecule has 0 amide bonds. The first-order valence-electron chi connectivity index (χ1n) is 9.35. The normalized spacial score (nSPS) is 26.2. The van der Waals surface area contributed by atoms with Crippen LogP contribution in [0.15, 0.2) is 41.8 Å². The lowest BCUT2D eigenvalue weighted by Crippen LogP contribution is -2.30. The Labute approximate surface area is 152 Å². The van der Waals surface area contributed by atoms with E-state index in [0.29, 0.717) is 6.04 Å². The molecular weight excluding hydrogens is 326 g/mol. The minimum Gasteiger partial charge on any atom is -0.367 e. The number of nitrogens with one attached hydrogen (secondary N) is 1. The van der Waals surface area contributed by atoms with Crippen LogP contribution in [-0.4, -0.2) is 16.0 Å². The average molecular weight is 350 g/mol. The van der Waals surface area contributed by atoms with Gasteiger partial charge in [0.2, 0.25) is 0 Å². The van der Waals surface area contributed by atoms with E-state index in [1.54, 1.807) is 11.3 Å². The molecular formula is C21H23N3S. The maximum Gasteiger partial charge on any atom is 0.172 e. The maximum absolute atomic E-state index is 4.91. The van der Waals surface area contributed by atoms with E-state index in [9.17, 15) is 0 Å². The number of rotatable bonds is 4. The first kappa shape index (κ1) is 15.3. The molecule has 2 saturated carbocycles. The van der Waals surface area contributed by atoms with Gasteiger partial charge < -0.3 is 5.32 Å². The molecule has 4 unspecified atom stereocenters. The lowest BCUT2D eigenvalue weighted by atomic mass is 9.84. The van der Waals surface area contributed by atoms with Crippen LogP contribution in [-0.2, 0) is 0 Å². The van der Waals surface area contributed by atoms with Crippen LogP contribution < -0.4 is 5.32 Å². The fourth-order valence-electron chi connectivity index (χ4n) is 4.93. The van der Waals surface area contributed by atoms with E-state index in [-0.39, 0.29) is 0 Å². The van der Waals surface area contributed by atoms with E-state index in [1.807, 2.05) is 0 Å². The molecule has 2 aromatic heterocycles. The zero-order chi connectivity index (χ0) is 16.8. The van der Waals surface area contributed by atoms with Crippen LogP contribution in [0.3, 0.4) is 0 Å². The van der Waals surface area contributed by atoms with Gasteiger partial charge in [0.15, 0.2) is 5.82 Å². The fraction of sp³-hybridized carbons (Fsp3) is 0.429. The summed E-state index contributed by atoms with van der Waals surface area (Å²) in [7, 11) is 0. The SMILES string of the molecule is CC(Nc1nc(-c2cccs2)nc2ccccc12)C1CC2CCC1C2. The number of nitrogens with zero attached hydrogens (tertiary/aromatic N) is 2. The highest BCUT2D eigenvalue weighted by atomic mass is 32.1. The van der Waals surface area contributed by atoms with Gasteiger partial charge in [-0.25, -0.2) is 9.97 Å². The molecule has 1 N–H and O–H groups in total. The number of hydrogen-bond acceptors (Lipinski definition) is 4. The molecule has 2 heterocycles. The highest BCUT2D eigenvalue weighted by molar-refractivity contribution is 7.13. The number of benzene rings is 1. The molecule has 2 aliphatic rings. The van der Waals surface area contributed by atoms with E-state index in [1.165, 1.54) is 25.7 Å². The zero-order valence-corrected chi connectivity index (χ0v) is 15.3. The van der Waals surface area contributed by atoms with Crippen LogP contribution in [0, 0.1) is 17.8 Å². The molecule has 4 atom stereocenters. The summed E-state index contributed by atoms with van der Waals surface area (Å²) >= 11 is 1.69. The second-order valence-electron chi connectivity index (χ2n) is 7.66. The highest BCUT2D eigenvalue weighted by Gasteiger charge is 2.41. The molecule has 1 aromatic carbocycles. The second-order valence-corrected chi connectivity index (χ2v) is 8.61. The largest absolute Gasteiger partial charge is 0.367 e. The van der Waals surface area contributed by atoms with Crippen molar-refractivity contribution < 1.29 is 0 Å². The van der Waals surface area contributed by atoms with Crippen molar-refractivity contribution in [3.05, 3.63) is 41.8 Å². The number of aromatic nitrogens is 2. The smallest absolute Gasteiger partial charge is 0.172 e. The van der Waals surface area contributed by atoms with Crippen molar-refractivity contribution in [2.75, 3.05) is 5.32 Å². The maximum atomic E-state index is 4.91. The summed E-state index contributed by atoms with van der Waals surface area (Å²) in [6, 6.07) is 13.0. The third-order valence-electron chi connectivity index (χ3n) is 6.14. The van der Waals surface area contributed by atoms with E-state index in [4.69, 9.17) is 9.97 Å². The molecule has 5 rings (SSSR count). The van der Waals surface area contributed by atoms with Gasteiger partial charge in [-0.2, -0.15) is 0 Å². The predicted molar refractivity (Wildman–Crippen MR) is 105 cm³/mol. The van der Waals surface area contributed by atoms with E-state index >= 15 is 0 Å². The summed E-state index contributed by atoms with van der Waals surface area (Å²) in [5.74, 6) is 4.50. The van der Waals surface area contributed by atoms with E-state index in [2.05, 4.69) is 54.0 Å². The van der Waals surface area contributed by atoms with Crippen molar-refractivity contribution in [1.82, 2.24) is 9.97 Å². The fourth-order valence-corrected chi connectivity index (χ4v) is 5.59. The van der Waals surface area contributed by atoms with Crippen molar-refractivity contribution in [1.29, 1.82) is 0 Å². The molecule has 2 bridgehead atoms. The second kappa shape index (κ2) is 6.10. The van der Waals surface area contributed by atoms with Crippen LogP contribution in [0.1, 0.15) is 32.6 Å². The third-order valence-corrected chi connectivity index (χ3v) is 7.01. The van der Waals surface area contributed by atoms with E-state index < -0.39 is 0 Å². The summed E-state index contributed by atoms with van der Waals surface area (Å²) in [5.41, 5.74) is 1.02. The molecule has 0 radical (unpaired) electrons. The first-order valence-corrected chi connectivity index (χ1v) is 10.2. The number of fused-ring (bicyclic) bond motifs is 3. The topological polar surface area (TPSA) is 37.8 Å². The van der Waals surface area contributed by atoms with Crippen molar-refractivity contribution in [2.45, 2.75) is 38.6 Å². The summed E-state index contributed by atoms with van der Waals surface area (Å²) in [4.78, 5) is 10.8. The van der Waals surface area contributed by atoms with Crippen LogP contribution in [0.2, 0.25) is 0 Å². The molecule has 0 aliphatic heterocycles. The Morgan fingerprint density at radius 1 is 1.08 bits per heavy atom. The van der Waals surface area contributed by atoms with Crippen LogP contribution in [0.25, 0.3) is 21.6 Å². The Balaban J connectivity index is 1.51. The van der Waals surface area contributed by atoms with Gasteiger partial charge in [-0.15, -0.1) is 11.3 Å². The molecule has 2 fully saturated rings. The van der Waals surface area contributed by atoms with Crippen LogP contribution >= 0.6 is 11.3 Å². The van der Waals surface area contributed by atoms with Gasteiger partial charge >= 0.3 is 0 Å². The highest BCUT2D eigenvalue weighted by Crippen LogP contribution is 2.50. The van der Waals surface area contributed by atoms with Gasteiger partial charge in [0.1, 0.15) is 5.82 Å². The summed E-state index contributed by atoms with van der Waals surface area (Å²) in [6.45, 7) is 2.34. The van der Waals surface area contributed by atoms with Crippen LogP contribution in [0.5, 0.6) is 0 Å². The monoisotopic (exact) mass is 349 g/mol. The zero-order valence-electron chi connectivity index (χ0n) is 14.5. The third kappa shape index (κ3) is 2.73. The Bertz CT molecular complexity index is 889. The molecule has 2 aliphatic carbocycles. The standard InChI is InChI=1S/C21H23N3S/c1-13(17-12-14-8-9-15(17)11-14)22-20-16-5-2-3-6-18(16)23-21(24-20)19-7-4-10-25-19/h2-7,10,13-15,17H,8-9,11-12H2,1H3,(H,22,23,24). The Morgan fingerprint density at radius 3 is 2.76 bits per heavy atom. The lowest BCUT2D eigenvalue weighted by molar-refractivity contribution is 0.304. The summed E-state index contributed by atoms with van der Waals surface area (Å²) < 4.78 is 0. The van der Waals surface area contributed by atoms with Gasteiger partial charge in [-0.3, -0.25) is 0 Å². The van der Waals surface area contributed by atoms with E-state index in [0.717, 1.165) is 45.2 Å². The number of anilines is 1. The predicted octanol–water partition coefficient (Wildman–Crippen LogP) is 5.59. The lowest BCUT2D eigenvalue weighted by Gasteiger charge is -2.29. The van der Waals surface area contributed by atoms with Gasteiger partial charge in [0.25, 0.3) is 0 Å². The van der Waals surface area contributed by atoms with Gasteiger partial charge in [-0.05, 0) is 67.5 Å². The van der Waals surface area contributed by atoms with Gasteiger partial charge in [0, 0.05) is 11.4 Å². The van der Waals surface area contributed by atoms with Crippen molar-refractivity contribution in [2.24, 2.45) is 17.8 Å². The molecule has 25 heavy (non-hydrogen) atoms. The van der Waals surface area contributed by atoms with Crippen LogP contribution in [0.4, 0.5) is 5.82 Å². The first-order chi connectivity index (χ1) is 12.3. The van der Waals surface area contributed by atoms with Gasteiger partial charge in [0.05, 0.1) is 10.4 Å².